The van der Waals surface area contributed by atoms with Crippen LogP contribution in [-0.2, 0) is 9.53 Å². The second-order valence-corrected chi connectivity index (χ2v) is 3.00. The normalized spacial score (nSPS) is 12.5. The monoisotopic (exact) mass is 188 g/mol. The van der Waals surface area contributed by atoms with E-state index in [9.17, 15) is 4.79 Å². The first kappa shape index (κ1) is 12.4. The van der Waals surface area contributed by atoms with Crippen LogP contribution in [0.5, 0.6) is 0 Å². The minimum atomic E-state index is -0.136. The van der Waals surface area contributed by atoms with E-state index in [1.165, 1.54) is 0 Å². The molecule has 0 heterocycles. The van der Waals surface area contributed by atoms with Crippen LogP contribution in [-0.4, -0.2) is 32.2 Å². The molecule has 0 amide bonds. The van der Waals surface area contributed by atoms with Crippen LogP contribution >= 0.6 is 0 Å². The van der Waals surface area contributed by atoms with E-state index in [1.54, 1.807) is 0 Å². The fourth-order valence-electron chi connectivity index (χ4n) is 0.913. The molecule has 4 heteroatoms. The summed E-state index contributed by atoms with van der Waals surface area (Å²) in [4.78, 5) is 11.1. The molecule has 0 aromatic carbocycles. The van der Waals surface area contributed by atoms with Crippen LogP contribution in [0.1, 0.15) is 20.3 Å². The van der Waals surface area contributed by atoms with Crippen LogP contribution in [0.2, 0.25) is 0 Å². The highest BCUT2D eigenvalue weighted by Gasteiger charge is 2.12. The molecular weight excluding hydrogens is 168 g/mol. The Hall–Kier alpha value is -0.610. The van der Waals surface area contributed by atoms with Crippen molar-refractivity contribution in [3.8, 4) is 0 Å². The standard InChI is InChI=1S/C9H20N2O2/c1-3-13-9(12)8(2)7-11-6-4-5-10/h8,11H,3-7,10H2,1-2H3. The van der Waals surface area contributed by atoms with E-state index in [1.807, 2.05) is 13.8 Å². The van der Waals surface area contributed by atoms with Gasteiger partial charge in [-0.05, 0) is 26.4 Å². The summed E-state index contributed by atoms with van der Waals surface area (Å²) in [6, 6.07) is 0. The summed E-state index contributed by atoms with van der Waals surface area (Å²) in [5.74, 6) is -0.208. The molecule has 0 saturated heterocycles. The molecule has 13 heavy (non-hydrogen) atoms. The van der Waals surface area contributed by atoms with Crippen LogP contribution in [0.3, 0.4) is 0 Å². The SMILES string of the molecule is CCOC(=O)C(C)CNCCCN. The Kier molecular flexibility index (Phi) is 7.63. The van der Waals surface area contributed by atoms with Crippen LogP contribution in [0.4, 0.5) is 0 Å². The average molecular weight is 188 g/mol. The van der Waals surface area contributed by atoms with Crippen molar-refractivity contribution in [1.82, 2.24) is 5.32 Å². The number of hydrogen-bond acceptors (Lipinski definition) is 4. The molecule has 1 unspecified atom stereocenters. The molecule has 1 atom stereocenters. The Bertz CT molecular complexity index is 140. The lowest BCUT2D eigenvalue weighted by molar-refractivity contribution is -0.147. The van der Waals surface area contributed by atoms with Gasteiger partial charge in [-0.15, -0.1) is 0 Å². The van der Waals surface area contributed by atoms with E-state index in [0.717, 1.165) is 13.0 Å². The highest BCUT2D eigenvalue weighted by Crippen LogP contribution is 1.96. The summed E-state index contributed by atoms with van der Waals surface area (Å²) in [6.45, 7) is 6.33. The minimum Gasteiger partial charge on any atom is -0.466 e. The average Bonchev–Trinajstić information content (AvgIpc) is 2.12. The van der Waals surface area contributed by atoms with Gasteiger partial charge < -0.3 is 15.8 Å². The summed E-state index contributed by atoms with van der Waals surface area (Å²) >= 11 is 0. The van der Waals surface area contributed by atoms with E-state index in [2.05, 4.69) is 5.32 Å². The number of hydrogen-bond donors (Lipinski definition) is 2. The number of esters is 1. The molecule has 4 nitrogen and oxygen atoms in total. The first-order chi connectivity index (χ1) is 6.22. The van der Waals surface area contributed by atoms with Crippen LogP contribution in [0.25, 0.3) is 0 Å². The summed E-state index contributed by atoms with van der Waals surface area (Å²) < 4.78 is 4.86. The Morgan fingerprint density at radius 2 is 2.31 bits per heavy atom. The molecule has 0 aromatic rings. The summed E-state index contributed by atoms with van der Waals surface area (Å²) in [5.41, 5.74) is 5.32. The Balaban J connectivity index is 3.38. The molecular formula is C9H20N2O2. The molecule has 0 radical (unpaired) electrons. The second-order valence-electron chi connectivity index (χ2n) is 3.00. The first-order valence-corrected chi connectivity index (χ1v) is 4.79. The maximum atomic E-state index is 11.1. The number of rotatable bonds is 7. The Labute approximate surface area is 79.8 Å². The van der Waals surface area contributed by atoms with Gasteiger partial charge in [0.25, 0.3) is 0 Å². The zero-order chi connectivity index (χ0) is 10.1. The predicted molar refractivity (Wildman–Crippen MR) is 52.3 cm³/mol. The van der Waals surface area contributed by atoms with Crippen LogP contribution in [0.15, 0.2) is 0 Å². The maximum Gasteiger partial charge on any atom is 0.309 e. The van der Waals surface area contributed by atoms with Gasteiger partial charge in [-0.3, -0.25) is 4.79 Å². The summed E-state index contributed by atoms with van der Waals surface area (Å²) in [7, 11) is 0. The van der Waals surface area contributed by atoms with Gasteiger partial charge in [0.05, 0.1) is 12.5 Å². The van der Waals surface area contributed by atoms with Gasteiger partial charge in [0.2, 0.25) is 0 Å². The van der Waals surface area contributed by atoms with Gasteiger partial charge >= 0.3 is 5.97 Å². The lowest BCUT2D eigenvalue weighted by atomic mass is 10.2. The van der Waals surface area contributed by atoms with Crippen molar-refractivity contribution in [2.75, 3.05) is 26.2 Å². The highest BCUT2D eigenvalue weighted by atomic mass is 16.5. The van der Waals surface area contributed by atoms with Crippen molar-refractivity contribution in [2.24, 2.45) is 11.7 Å². The largest absolute Gasteiger partial charge is 0.466 e. The van der Waals surface area contributed by atoms with Crippen molar-refractivity contribution < 1.29 is 9.53 Å². The molecule has 0 fully saturated rings. The second kappa shape index (κ2) is 8.01. The minimum absolute atomic E-state index is 0.0716. The highest BCUT2D eigenvalue weighted by molar-refractivity contribution is 5.72. The third kappa shape index (κ3) is 6.54. The van der Waals surface area contributed by atoms with Gasteiger partial charge in [0, 0.05) is 6.54 Å². The van der Waals surface area contributed by atoms with Gasteiger partial charge in [-0.25, -0.2) is 0 Å². The van der Waals surface area contributed by atoms with Crippen molar-refractivity contribution in [1.29, 1.82) is 0 Å². The van der Waals surface area contributed by atoms with E-state index in [0.29, 0.717) is 19.7 Å². The Morgan fingerprint density at radius 3 is 2.85 bits per heavy atom. The fourth-order valence-corrected chi connectivity index (χ4v) is 0.913. The maximum absolute atomic E-state index is 11.1. The fraction of sp³-hybridized carbons (Fsp3) is 0.889. The van der Waals surface area contributed by atoms with Crippen molar-refractivity contribution >= 4 is 5.97 Å². The molecule has 0 saturated carbocycles. The molecule has 0 spiro atoms. The molecule has 0 aromatic heterocycles. The van der Waals surface area contributed by atoms with Gasteiger partial charge in [0.1, 0.15) is 0 Å². The van der Waals surface area contributed by atoms with Gasteiger partial charge in [-0.1, -0.05) is 6.92 Å². The number of ether oxygens (including phenoxy) is 1. The zero-order valence-corrected chi connectivity index (χ0v) is 8.51. The summed E-state index contributed by atoms with van der Waals surface area (Å²) in [5, 5.41) is 3.14. The topological polar surface area (TPSA) is 64.3 Å². The third-order valence-electron chi connectivity index (χ3n) is 1.70. The van der Waals surface area contributed by atoms with Crippen LogP contribution < -0.4 is 11.1 Å². The third-order valence-corrected chi connectivity index (χ3v) is 1.70. The van der Waals surface area contributed by atoms with E-state index < -0.39 is 0 Å². The van der Waals surface area contributed by atoms with Crippen LogP contribution in [0, 0.1) is 5.92 Å². The quantitative estimate of drug-likeness (QED) is 0.440. The zero-order valence-electron chi connectivity index (χ0n) is 8.51. The molecule has 3 N–H and O–H groups in total. The smallest absolute Gasteiger partial charge is 0.309 e. The van der Waals surface area contributed by atoms with Gasteiger partial charge in [-0.2, -0.15) is 0 Å². The van der Waals surface area contributed by atoms with E-state index in [4.69, 9.17) is 10.5 Å². The molecule has 0 aliphatic carbocycles. The molecule has 0 bridgehead atoms. The number of nitrogens with one attached hydrogen (secondary N) is 1. The lowest BCUT2D eigenvalue weighted by Crippen LogP contribution is -2.29. The van der Waals surface area contributed by atoms with Crippen molar-refractivity contribution in [2.45, 2.75) is 20.3 Å². The molecule has 78 valence electrons. The van der Waals surface area contributed by atoms with Crippen molar-refractivity contribution in [3.63, 3.8) is 0 Å². The number of carbonyl (C=O) groups is 1. The first-order valence-electron chi connectivity index (χ1n) is 4.79. The lowest BCUT2D eigenvalue weighted by Gasteiger charge is -2.10. The number of carbonyl (C=O) groups excluding carboxylic acids is 1. The molecule has 0 aliphatic rings. The van der Waals surface area contributed by atoms with E-state index >= 15 is 0 Å². The predicted octanol–water partition coefficient (Wildman–Crippen LogP) is 0.124. The molecule has 0 aliphatic heterocycles. The Morgan fingerprint density at radius 1 is 1.62 bits per heavy atom. The summed E-state index contributed by atoms with van der Waals surface area (Å²) in [6.07, 6.45) is 0.940. The molecule has 0 rings (SSSR count). The van der Waals surface area contributed by atoms with Crippen molar-refractivity contribution in [3.05, 3.63) is 0 Å². The number of nitrogens with two attached hydrogens (primary N) is 1. The van der Waals surface area contributed by atoms with Gasteiger partial charge in [0.15, 0.2) is 0 Å². The van der Waals surface area contributed by atoms with E-state index in [-0.39, 0.29) is 11.9 Å².